The molecule has 0 heterocycles. The normalized spacial score (nSPS) is 14.4. The Balaban J connectivity index is 2.99. The van der Waals surface area contributed by atoms with Gasteiger partial charge in [0.05, 0.1) is 6.42 Å². The van der Waals surface area contributed by atoms with E-state index in [9.17, 15) is 30.7 Å². The molecule has 1 rings (SSSR count). The van der Waals surface area contributed by atoms with Gasteiger partial charge in [-0.1, -0.05) is 18.2 Å². The fraction of sp³-hybridized carbons (Fsp3) is 0.455. The zero-order valence-corrected chi connectivity index (χ0v) is 9.80. The van der Waals surface area contributed by atoms with Crippen molar-refractivity contribution in [3.8, 4) is 5.75 Å². The molecule has 0 amide bonds. The second-order valence-corrected chi connectivity index (χ2v) is 3.93. The third-order valence-electron chi connectivity index (χ3n) is 2.27. The van der Waals surface area contributed by atoms with E-state index in [1.807, 2.05) is 0 Å². The maximum absolute atomic E-state index is 12.8. The molecular formula is C11H10F7NO. The molecule has 0 spiro atoms. The summed E-state index contributed by atoms with van der Waals surface area (Å²) in [5.74, 6) is -0.811. The molecular weight excluding hydrogens is 295 g/mol. The molecule has 0 bridgehead atoms. The van der Waals surface area contributed by atoms with Gasteiger partial charge in [0.2, 0.25) is 0 Å². The number of rotatable bonds is 5. The van der Waals surface area contributed by atoms with Crippen molar-refractivity contribution in [3.05, 3.63) is 29.8 Å². The topological polar surface area (TPSA) is 35.2 Å². The van der Waals surface area contributed by atoms with Crippen LogP contribution in [0.1, 0.15) is 18.0 Å². The minimum Gasteiger partial charge on any atom is -0.428 e. The van der Waals surface area contributed by atoms with E-state index in [0.717, 1.165) is 18.2 Å². The van der Waals surface area contributed by atoms with Crippen molar-refractivity contribution in [2.24, 2.45) is 5.73 Å². The van der Waals surface area contributed by atoms with Crippen molar-refractivity contribution in [2.75, 3.05) is 0 Å². The third-order valence-corrected chi connectivity index (χ3v) is 2.27. The Kier molecular flexibility index (Phi) is 4.85. The summed E-state index contributed by atoms with van der Waals surface area (Å²) in [6, 6.07) is 2.55. The second-order valence-electron chi connectivity index (χ2n) is 3.93. The fourth-order valence-corrected chi connectivity index (χ4v) is 1.43. The molecule has 2 N–H and O–H groups in total. The summed E-state index contributed by atoms with van der Waals surface area (Å²) < 4.78 is 90.0. The first-order valence-corrected chi connectivity index (χ1v) is 5.29. The zero-order chi connectivity index (χ0) is 15.6. The van der Waals surface area contributed by atoms with E-state index in [-0.39, 0.29) is 0 Å². The molecule has 0 unspecified atom stereocenters. The highest BCUT2D eigenvalue weighted by Crippen LogP contribution is 2.35. The van der Waals surface area contributed by atoms with Gasteiger partial charge >= 0.3 is 18.7 Å². The Hall–Kier alpha value is -1.51. The lowest BCUT2D eigenvalue weighted by atomic mass is 10.0. The number of para-hydroxylation sites is 1. The van der Waals surface area contributed by atoms with Crippen LogP contribution in [0.4, 0.5) is 30.7 Å². The third kappa shape index (κ3) is 4.55. The fourth-order valence-electron chi connectivity index (χ4n) is 1.43. The van der Waals surface area contributed by atoms with Gasteiger partial charge in [0, 0.05) is 11.6 Å². The van der Waals surface area contributed by atoms with Gasteiger partial charge in [-0.25, -0.2) is 0 Å². The molecule has 0 radical (unpaired) electrons. The van der Waals surface area contributed by atoms with Crippen molar-refractivity contribution >= 4 is 0 Å². The van der Waals surface area contributed by atoms with E-state index < -0.39 is 42.5 Å². The number of nitrogens with two attached hydrogens (primary N) is 1. The molecule has 114 valence electrons. The maximum Gasteiger partial charge on any atom is 0.461 e. The summed E-state index contributed by atoms with van der Waals surface area (Å²) in [6.45, 7) is 0. The first-order valence-electron chi connectivity index (χ1n) is 5.29. The van der Waals surface area contributed by atoms with Gasteiger partial charge in [0.15, 0.2) is 0 Å². The molecule has 1 aromatic rings. The Labute approximate surface area is 109 Å². The van der Waals surface area contributed by atoms with Crippen molar-refractivity contribution in [2.45, 2.75) is 31.2 Å². The average molecular weight is 305 g/mol. The van der Waals surface area contributed by atoms with Gasteiger partial charge in [0.25, 0.3) is 0 Å². The van der Waals surface area contributed by atoms with Gasteiger partial charge in [-0.15, -0.1) is 0 Å². The van der Waals surface area contributed by atoms with Crippen LogP contribution in [-0.4, -0.2) is 18.7 Å². The average Bonchev–Trinajstić information content (AvgIpc) is 2.26. The number of benzene rings is 1. The lowest BCUT2D eigenvalue weighted by molar-refractivity contribution is -0.253. The smallest absolute Gasteiger partial charge is 0.428 e. The summed E-state index contributed by atoms with van der Waals surface area (Å²) in [5.41, 5.74) is 4.82. The minimum absolute atomic E-state index is 0.426. The lowest BCUT2D eigenvalue weighted by Crippen LogP contribution is -2.34. The first-order chi connectivity index (χ1) is 9.03. The van der Waals surface area contributed by atoms with Crippen molar-refractivity contribution in [1.82, 2.24) is 0 Å². The van der Waals surface area contributed by atoms with Crippen molar-refractivity contribution in [1.29, 1.82) is 0 Å². The van der Waals surface area contributed by atoms with Crippen LogP contribution >= 0.6 is 0 Å². The Morgan fingerprint density at radius 2 is 1.60 bits per heavy atom. The lowest BCUT2D eigenvalue weighted by Gasteiger charge is -2.22. The van der Waals surface area contributed by atoms with E-state index in [4.69, 9.17) is 5.73 Å². The van der Waals surface area contributed by atoms with Crippen molar-refractivity contribution < 1.29 is 35.5 Å². The quantitative estimate of drug-likeness (QED) is 0.838. The molecule has 9 heteroatoms. The first kappa shape index (κ1) is 16.5. The Morgan fingerprint density at radius 1 is 1.05 bits per heavy atom. The zero-order valence-electron chi connectivity index (χ0n) is 9.80. The van der Waals surface area contributed by atoms with Gasteiger partial charge in [-0.3, -0.25) is 0 Å². The van der Waals surface area contributed by atoms with Crippen molar-refractivity contribution in [3.63, 3.8) is 0 Å². The maximum atomic E-state index is 12.8. The Bertz CT molecular complexity index is 447. The summed E-state index contributed by atoms with van der Waals surface area (Å²) in [7, 11) is 0. The number of ether oxygens (including phenoxy) is 1. The molecule has 0 aliphatic carbocycles. The molecule has 2 nitrogen and oxygen atoms in total. The van der Waals surface area contributed by atoms with Crippen LogP contribution < -0.4 is 10.5 Å². The van der Waals surface area contributed by atoms with Crippen LogP contribution in [0.2, 0.25) is 0 Å². The summed E-state index contributed by atoms with van der Waals surface area (Å²) in [5, 5.41) is 0. The van der Waals surface area contributed by atoms with Crippen LogP contribution in [0.25, 0.3) is 0 Å². The van der Waals surface area contributed by atoms with Crippen LogP contribution in [0.3, 0.4) is 0 Å². The second kappa shape index (κ2) is 5.86. The van der Waals surface area contributed by atoms with Crippen LogP contribution in [0.5, 0.6) is 5.75 Å². The Morgan fingerprint density at radius 3 is 2.10 bits per heavy atom. The predicted octanol–water partition coefficient (Wildman–Crippen LogP) is 3.88. The highest BCUT2D eigenvalue weighted by Gasteiger charge is 2.44. The molecule has 0 saturated heterocycles. The predicted molar refractivity (Wildman–Crippen MR) is 55.6 cm³/mol. The number of alkyl halides is 7. The van der Waals surface area contributed by atoms with E-state index in [0.29, 0.717) is 0 Å². The van der Waals surface area contributed by atoms with E-state index in [1.54, 1.807) is 0 Å². The highest BCUT2D eigenvalue weighted by atomic mass is 19.4. The van der Waals surface area contributed by atoms with Gasteiger partial charge in [-0.2, -0.15) is 30.7 Å². The molecule has 0 aromatic heterocycles. The monoisotopic (exact) mass is 305 g/mol. The minimum atomic E-state index is -4.81. The summed E-state index contributed by atoms with van der Waals surface area (Å²) in [6.07, 6.45) is -15.0. The molecule has 1 atom stereocenters. The van der Waals surface area contributed by atoms with E-state index in [1.165, 1.54) is 6.07 Å². The van der Waals surface area contributed by atoms with Gasteiger partial charge in [-0.05, 0) is 6.07 Å². The van der Waals surface area contributed by atoms with Crippen LogP contribution in [-0.2, 0) is 0 Å². The molecule has 1 aromatic carbocycles. The van der Waals surface area contributed by atoms with E-state index in [2.05, 4.69) is 4.74 Å². The summed E-state index contributed by atoms with van der Waals surface area (Å²) >= 11 is 0. The van der Waals surface area contributed by atoms with Gasteiger partial charge < -0.3 is 10.5 Å². The number of hydrogen-bond donors (Lipinski definition) is 1. The van der Waals surface area contributed by atoms with Crippen LogP contribution in [0, 0.1) is 0 Å². The molecule has 20 heavy (non-hydrogen) atoms. The standard InChI is InChI=1S/C11H10F7NO/c12-9(13)11(17,18)20-8-4-2-1-3-6(8)7(19)5-10(14,15)16/h1-4,7,9H,5,19H2/t7-/m1/s1. The molecule has 0 aliphatic rings. The number of halogens is 7. The number of hydrogen-bond acceptors (Lipinski definition) is 2. The molecule has 0 fully saturated rings. The van der Waals surface area contributed by atoms with Gasteiger partial charge in [0.1, 0.15) is 5.75 Å². The largest absolute Gasteiger partial charge is 0.461 e. The van der Waals surface area contributed by atoms with E-state index >= 15 is 0 Å². The molecule has 0 aliphatic heterocycles. The molecule has 0 saturated carbocycles. The SMILES string of the molecule is N[C@H](CC(F)(F)F)c1ccccc1OC(F)(F)C(F)F. The summed E-state index contributed by atoms with van der Waals surface area (Å²) in [4.78, 5) is 0. The highest BCUT2D eigenvalue weighted by molar-refractivity contribution is 5.36. The van der Waals surface area contributed by atoms with Crippen LogP contribution in [0.15, 0.2) is 24.3 Å².